The summed E-state index contributed by atoms with van der Waals surface area (Å²) in [4.78, 5) is 21.3. The number of nitrogens with zero attached hydrogens (tertiary/aromatic N) is 1. The average molecular weight is 266 g/mol. The summed E-state index contributed by atoms with van der Waals surface area (Å²) in [6.07, 6.45) is 1.61. The van der Waals surface area contributed by atoms with E-state index in [1.54, 1.807) is 0 Å². The molecule has 0 bridgehead atoms. The maximum atomic E-state index is 11.0. The molecule has 1 rings (SSSR count). The second-order valence-corrected chi connectivity index (χ2v) is 4.69. The van der Waals surface area contributed by atoms with Crippen molar-refractivity contribution in [1.29, 1.82) is 0 Å². The highest BCUT2D eigenvalue weighted by Gasteiger charge is 2.24. The van der Waals surface area contributed by atoms with Gasteiger partial charge in [-0.2, -0.15) is 0 Å². The van der Waals surface area contributed by atoms with Crippen molar-refractivity contribution < 1.29 is 14.8 Å². The molecule has 0 saturated carbocycles. The van der Waals surface area contributed by atoms with E-state index in [-0.39, 0.29) is 16.8 Å². The molecule has 0 unspecified atom stereocenters. The van der Waals surface area contributed by atoms with Gasteiger partial charge in [0.1, 0.15) is 5.69 Å². The Balaban J connectivity index is 3.21. The third-order valence-electron chi connectivity index (χ3n) is 3.44. The van der Waals surface area contributed by atoms with Crippen molar-refractivity contribution in [2.75, 3.05) is 5.32 Å². The molecule has 0 saturated heterocycles. The summed E-state index contributed by atoms with van der Waals surface area (Å²) >= 11 is 0. The molecule has 19 heavy (non-hydrogen) atoms. The lowest BCUT2D eigenvalue weighted by Gasteiger charge is -2.29. The van der Waals surface area contributed by atoms with E-state index in [0.717, 1.165) is 18.9 Å². The normalized spacial score (nSPS) is 11.1. The molecule has 6 heteroatoms. The van der Waals surface area contributed by atoms with Crippen LogP contribution in [0, 0.1) is 10.1 Å². The number of nitro groups is 1. The van der Waals surface area contributed by atoms with Crippen LogP contribution < -0.4 is 5.32 Å². The quantitative estimate of drug-likeness (QED) is 0.608. The van der Waals surface area contributed by atoms with Crippen LogP contribution in [-0.2, 0) is 0 Å². The molecule has 0 aliphatic rings. The summed E-state index contributed by atoms with van der Waals surface area (Å²) < 4.78 is 0. The third kappa shape index (κ3) is 3.43. The highest BCUT2D eigenvalue weighted by atomic mass is 16.6. The fourth-order valence-electron chi connectivity index (χ4n) is 1.67. The summed E-state index contributed by atoms with van der Waals surface area (Å²) in [5.74, 6) is -1.18. The molecular formula is C13H18N2O4. The van der Waals surface area contributed by atoms with Gasteiger partial charge >= 0.3 is 5.97 Å². The second-order valence-electron chi connectivity index (χ2n) is 4.69. The predicted molar refractivity (Wildman–Crippen MR) is 72.7 cm³/mol. The lowest BCUT2D eigenvalue weighted by atomic mass is 9.95. The number of carboxylic acids is 1. The van der Waals surface area contributed by atoms with Crippen molar-refractivity contribution in [2.45, 2.75) is 39.2 Å². The fourth-order valence-corrected chi connectivity index (χ4v) is 1.67. The van der Waals surface area contributed by atoms with E-state index in [9.17, 15) is 14.9 Å². The standard InChI is InChI=1S/C13H18N2O4/c1-4-13(3,5-2)14-10-7-6-9(12(16)17)8-11(10)15(18)19/h6-8,14H,4-5H2,1-3H3,(H,16,17). The van der Waals surface area contributed by atoms with Gasteiger partial charge in [-0.25, -0.2) is 4.79 Å². The molecule has 2 N–H and O–H groups in total. The van der Waals surface area contributed by atoms with E-state index >= 15 is 0 Å². The van der Waals surface area contributed by atoms with Gasteiger partial charge < -0.3 is 10.4 Å². The Morgan fingerprint density at radius 2 is 2.00 bits per heavy atom. The number of carbonyl (C=O) groups is 1. The van der Waals surface area contributed by atoms with Crippen molar-refractivity contribution in [1.82, 2.24) is 0 Å². The van der Waals surface area contributed by atoms with Crippen molar-refractivity contribution in [3.63, 3.8) is 0 Å². The van der Waals surface area contributed by atoms with E-state index in [1.807, 2.05) is 20.8 Å². The predicted octanol–water partition coefficient (Wildman–Crippen LogP) is 3.28. The number of hydrogen-bond donors (Lipinski definition) is 2. The largest absolute Gasteiger partial charge is 0.478 e. The molecule has 6 nitrogen and oxygen atoms in total. The van der Waals surface area contributed by atoms with E-state index in [0.29, 0.717) is 5.69 Å². The Kier molecular flexibility index (Phi) is 4.47. The number of anilines is 1. The van der Waals surface area contributed by atoms with Gasteiger partial charge in [0.15, 0.2) is 0 Å². The minimum atomic E-state index is -1.18. The van der Waals surface area contributed by atoms with Gasteiger partial charge in [0.25, 0.3) is 5.69 Å². The molecule has 0 amide bonds. The summed E-state index contributed by atoms with van der Waals surface area (Å²) in [5, 5.41) is 23.0. The molecule has 104 valence electrons. The second kappa shape index (κ2) is 5.69. The van der Waals surface area contributed by atoms with Crippen molar-refractivity contribution in [3.8, 4) is 0 Å². The van der Waals surface area contributed by atoms with Crippen molar-refractivity contribution in [3.05, 3.63) is 33.9 Å². The first-order valence-electron chi connectivity index (χ1n) is 6.13. The monoisotopic (exact) mass is 266 g/mol. The Bertz CT molecular complexity index is 495. The van der Waals surface area contributed by atoms with Crippen LogP contribution in [0.3, 0.4) is 0 Å². The highest BCUT2D eigenvalue weighted by Crippen LogP contribution is 2.30. The first-order chi connectivity index (χ1) is 8.83. The van der Waals surface area contributed by atoms with Crippen LogP contribution in [-0.4, -0.2) is 21.5 Å². The zero-order valence-corrected chi connectivity index (χ0v) is 11.3. The molecule has 0 fully saturated rings. The molecule has 0 aliphatic heterocycles. The summed E-state index contributed by atoms with van der Waals surface area (Å²) in [7, 11) is 0. The SMILES string of the molecule is CCC(C)(CC)Nc1ccc(C(=O)O)cc1[N+](=O)[O-]. The minimum absolute atomic E-state index is 0.0908. The van der Waals surface area contributed by atoms with E-state index in [1.165, 1.54) is 12.1 Å². The Morgan fingerprint density at radius 3 is 2.42 bits per heavy atom. The number of nitrogens with one attached hydrogen (secondary N) is 1. The van der Waals surface area contributed by atoms with Crippen LogP contribution in [0.15, 0.2) is 18.2 Å². The van der Waals surface area contributed by atoms with Gasteiger partial charge in [-0.1, -0.05) is 13.8 Å². The van der Waals surface area contributed by atoms with Crippen LogP contribution in [0.5, 0.6) is 0 Å². The van der Waals surface area contributed by atoms with Crippen LogP contribution >= 0.6 is 0 Å². The molecule has 0 radical (unpaired) electrons. The van der Waals surface area contributed by atoms with Crippen molar-refractivity contribution in [2.24, 2.45) is 0 Å². The summed E-state index contributed by atoms with van der Waals surface area (Å²) in [6.45, 7) is 5.96. The molecule has 0 aliphatic carbocycles. The molecule has 0 heterocycles. The van der Waals surface area contributed by atoms with Crippen LogP contribution in [0.25, 0.3) is 0 Å². The molecule has 1 aromatic carbocycles. The Labute approximate surface area is 111 Å². The lowest BCUT2D eigenvalue weighted by Crippen LogP contribution is -2.33. The van der Waals surface area contributed by atoms with Gasteiger partial charge in [0.05, 0.1) is 10.5 Å². The molecule has 0 aromatic heterocycles. The van der Waals surface area contributed by atoms with Crippen LogP contribution in [0.2, 0.25) is 0 Å². The Hall–Kier alpha value is -2.11. The van der Waals surface area contributed by atoms with Gasteiger partial charge in [0, 0.05) is 11.6 Å². The summed E-state index contributed by atoms with van der Waals surface area (Å²) in [5.41, 5.74) is -0.212. The van der Waals surface area contributed by atoms with E-state index in [2.05, 4.69) is 5.32 Å². The van der Waals surface area contributed by atoms with Gasteiger partial charge in [-0.05, 0) is 31.9 Å². The highest BCUT2D eigenvalue weighted by molar-refractivity contribution is 5.89. The zero-order chi connectivity index (χ0) is 14.6. The smallest absolute Gasteiger partial charge is 0.335 e. The number of carboxylic acid groups (broad SMARTS) is 1. The number of hydrogen-bond acceptors (Lipinski definition) is 4. The molecule has 0 spiro atoms. The summed E-state index contributed by atoms with van der Waals surface area (Å²) in [6, 6.07) is 3.89. The van der Waals surface area contributed by atoms with Crippen molar-refractivity contribution >= 4 is 17.3 Å². The van der Waals surface area contributed by atoms with E-state index < -0.39 is 10.9 Å². The lowest BCUT2D eigenvalue weighted by molar-refractivity contribution is -0.384. The molecular weight excluding hydrogens is 248 g/mol. The maximum absolute atomic E-state index is 11.0. The topological polar surface area (TPSA) is 92.5 Å². The zero-order valence-electron chi connectivity index (χ0n) is 11.3. The van der Waals surface area contributed by atoms with Crippen LogP contribution in [0.4, 0.5) is 11.4 Å². The first kappa shape index (κ1) is 14.9. The van der Waals surface area contributed by atoms with Gasteiger partial charge in [-0.3, -0.25) is 10.1 Å². The number of nitro benzene ring substituents is 1. The molecule has 0 atom stereocenters. The third-order valence-corrected chi connectivity index (χ3v) is 3.44. The van der Waals surface area contributed by atoms with E-state index in [4.69, 9.17) is 5.11 Å². The maximum Gasteiger partial charge on any atom is 0.335 e. The fraction of sp³-hybridized carbons (Fsp3) is 0.462. The average Bonchev–Trinajstić information content (AvgIpc) is 2.38. The van der Waals surface area contributed by atoms with Crippen LogP contribution in [0.1, 0.15) is 44.0 Å². The molecule has 1 aromatic rings. The minimum Gasteiger partial charge on any atom is -0.478 e. The first-order valence-corrected chi connectivity index (χ1v) is 6.13. The van der Waals surface area contributed by atoms with Gasteiger partial charge in [-0.15, -0.1) is 0 Å². The number of benzene rings is 1. The van der Waals surface area contributed by atoms with Gasteiger partial charge in [0.2, 0.25) is 0 Å². The Morgan fingerprint density at radius 1 is 1.42 bits per heavy atom. The number of aromatic carboxylic acids is 1. The number of rotatable bonds is 6.